The molecule has 3 nitrogen and oxygen atoms in total. The Bertz CT molecular complexity index is 768. The second kappa shape index (κ2) is 5.84. The van der Waals surface area contributed by atoms with Crippen molar-refractivity contribution in [3.8, 4) is 5.75 Å². The Morgan fingerprint density at radius 3 is 2.50 bits per heavy atom. The first kappa shape index (κ1) is 14.6. The number of fused-ring (bicyclic) bond motifs is 1. The molecule has 0 saturated carbocycles. The average Bonchev–Trinajstić information content (AvgIpc) is 2.88. The molecule has 22 heavy (non-hydrogen) atoms. The Morgan fingerprint density at radius 1 is 1.05 bits per heavy atom. The number of anilines is 1. The number of rotatable bonds is 4. The van der Waals surface area contributed by atoms with Gasteiger partial charge in [-0.15, -0.1) is 13.2 Å². The SMILES string of the molecule is FC(F)(F)Oc1ccc(CNc2nsc3ccccc23)cc1. The van der Waals surface area contributed by atoms with E-state index >= 15 is 0 Å². The maximum atomic E-state index is 12.1. The lowest BCUT2D eigenvalue weighted by Crippen LogP contribution is -2.17. The molecule has 0 radical (unpaired) electrons. The molecule has 3 rings (SSSR count). The van der Waals surface area contributed by atoms with Crippen molar-refractivity contribution in [1.82, 2.24) is 4.37 Å². The highest BCUT2D eigenvalue weighted by Crippen LogP contribution is 2.27. The monoisotopic (exact) mass is 324 g/mol. The van der Waals surface area contributed by atoms with E-state index in [0.29, 0.717) is 6.54 Å². The molecule has 2 aromatic carbocycles. The molecule has 0 aliphatic heterocycles. The number of benzene rings is 2. The summed E-state index contributed by atoms with van der Waals surface area (Å²) in [6.07, 6.45) is -4.67. The van der Waals surface area contributed by atoms with Crippen molar-refractivity contribution in [2.24, 2.45) is 0 Å². The van der Waals surface area contributed by atoms with Crippen molar-refractivity contribution in [2.45, 2.75) is 12.9 Å². The summed E-state index contributed by atoms with van der Waals surface area (Å²) in [6.45, 7) is 0.472. The quantitative estimate of drug-likeness (QED) is 0.748. The highest BCUT2D eigenvalue weighted by atomic mass is 32.1. The van der Waals surface area contributed by atoms with E-state index in [1.54, 1.807) is 12.1 Å². The predicted molar refractivity (Wildman–Crippen MR) is 80.1 cm³/mol. The summed E-state index contributed by atoms with van der Waals surface area (Å²) in [6, 6.07) is 13.6. The molecule has 0 unspecified atom stereocenters. The van der Waals surface area contributed by atoms with Crippen LogP contribution in [0.3, 0.4) is 0 Å². The predicted octanol–water partition coefficient (Wildman–Crippen LogP) is 4.81. The van der Waals surface area contributed by atoms with Crippen LogP contribution in [0.4, 0.5) is 19.0 Å². The second-order valence-electron chi connectivity index (χ2n) is 4.57. The van der Waals surface area contributed by atoms with Gasteiger partial charge in [-0.05, 0) is 41.4 Å². The van der Waals surface area contributed by atoms with Gasteiger partial charge >= 0.3 is 6.36 Å². The average molecular weight is 324 g/mol. The Hall–Kier alpha value is -2.28. The molecular weight excluding hydrogens is 313 g/mol. The number of nitrogens with one attached hydrogen (secondary N) is 1. The van der Waals surface area contributed by atoms with Crippen LogP contribution >= 0.6 is 11.5 Å². The summed E-state index contributed by atoms with van der Waals surface area (Å²) >= 11 is 1.40. The molecule has 1 aromatic heterocycles. The molecule has 0 atom stereocenters. The number of aromatic nitrogens is 1. The van der Waals surface area contributed by atoms with Gasteiger partial charge in [-0.25, -0.2) is 0 Å². The number of nitrogens with zero attached hydrogens (tertiary/aromatic N) is 1. The summed E-state index contributed by atoms with van der Waals surface area (Å²) in [5.41, 5.74) is 0.839. The topological polar surface area (TPSA) is 34.1 Å². The van der Waals surface area contributed by atoms with E-state index in [4.69, 9.17) is 0 Å². The van der Waals surface area contributed by atoms with Gasteiger partial charge in [0.05, 0.1) is 4.70 Å². The molecule has 7 heteroatoms. The normalized spacial score (nSPS) is 11.6. The van der Waals surface area contributed by atoms with Crippen molar-refractivity contribution in [2.75, 3.05) is 5.32 Å². The molecule has 1 N–H and O–H groups in total. The summed E-state index contributed by atoms with van der Waals surface area (Å²) < 4.78 is 45.5. The summed E-state index contributed by atoms with van der Waals surface area (Å²) in [5, 5.41) is 4.22. The van der Waals surface area contributed by atoms with Crippen LogP contribution in [0.2, 0.25) is 0 Å². The molecule has 0 aliphatic rings. The van der Waals surface area contributed by atoms with Gasteiger partial charge < -0.3 is 10.1 Å². The van der Waals surface area contributed by atoms with Crippen LogP contribution in [0.15, 0.2) is 48.5 Å². The van der Waals surface area contributed by atoms with Crippen LogP contribution in [-0.2, 0) is 6.54 Å². The Kier molecular flexibility index (Phi) is 3.89. The van der Waals surface area contributed by atoms with Gasteiger partial charge in [0.15, 0.2) is 0 Å². The Labute approximate surface area is 128 Å². The van der Waals surface area contributed by atoms with E-state index in [1.165, 1.54) is 23.7 Å². The van der Waals surface area contributed by atoms with Crippen molar-refractivity contribution in [3.63, 3.8) is 0 Å². The number of alkyl halides is 3. The van der Waals surface area contributed by atoms with Crippen LogP contribution in [0.5, 0.6) is 5.75 Å². The third-order valence-corrected chi connectivity index (χ3v) is 3.82. The van der Waals surface area contributed by atoms with E-state index in [1.807, 2.05) is 24.3 Å². The fourth-order valence-electron chi connectivity index (χ4n) is 2.01. The number of halogens is 3. The third kappa shape index (κ3) is 3.48. The fraction of sp³-hybridized carbons (Fsp3) is 0.133. The first-order chi connectivity index (χ1) is 10.5. The minimum Gasteiger partial charge on any atom is -0.406 e. The van der Waals surface area contributed by atoms with Crippen LogP contribution in [0, 0.1) is 0 Å². The largest absolute Gasteiger partial charge is 0.573 e. The lowest BCUT2D eigenvalue weighted by Gasteiger charge is -2.09. The van der Waals surface area contributed by atoms with Crippen LogP contribution < -0.4 is 10.1 Å². The molecule has 0 saturated heterocycles. The zero-order chi connectivity index (χ0) is 15.6. The van der Waals surface area contributed by atoms with E-state index < -0.39 is 6.36 Å². The highest BCUT2D eigenvalue weighted by molar-refractivity contribution is 7.13. The molecule has 0 fully saturated rings. The summed E-state index contributed by atoms with van der Waals surface area (Å²) in [7, 11) is 0. The van der Waals surface area contributed by atoms with Crippen molar-refractivity contribution < 1.29 is 17.9 Å². The van der Waals surface area contributed by atoms with E-state index in [-0.39, 0.29) is 5.75 Å². The minimum atomic E-state index is -4.67. The smallest absolute Gasteiger partial charge is 0.406 e. The van der Waals surface area contributed by atoms with Gasteiger partial charge in [0, 0.05) is 11.9 Å². The molecule has 114 valence electrons. The van der Waals surface area contributed by atoms with Crippen LogP contribution in [0.1, 0.15) is 5.56 Å². The Balaban J connectivity index is 1.66. The number of ether oxygens (including phenoxy) is 1. The van der Waals surface area contributed by atoms with Gasteiger partial charge in [-0.1, -0.05) is 24.3 Å². The van der Waals surface area contributed by atoms with E-state index in [9.17, 15) is 13.2 Å². The highest BCUT2D eigenvalue weighted by Gasteiger charge is 2.30. The van der Waals surface area contributed by atoms with Crippen molar-refractivity contribution >= 4 is 27.4 Å². The summed E-state index contributed by atoms with van der Waals surface area (Å²) in [4.78, 5) is 0. The number of hydrogen-bond acceptors (Lipinski definition) is 4. The maximum absolute atomic E-state index is 12.1. The van der Waals surface area contributed by atoms with Gasteiger partial charge in [-0.2, -0.15) is 4.37 Å². The van der Waals surface area contributed by atoms with Gasteiger partial charge in [0.2, 0.25) is 0 Å². The molecule has 3 aromatic rings. The van der Waals surface area contributed by atoms with Crippen molar-refractivity contribution in [3.05, 3.63) is 54.1 Å². The molecule has 0 spiro atoms. The fourth-order valence-corrected chi connectivity index (χ4v) is 2.76. The lowest BCUT2D eigenvalue weighted by molar-refractivity contribution is -0.274. The van der Waals surface area contributed by atoms with E-state index in [0.717, 1.165) is 21.5 Å². The third-order valence-electron chi connectivity index (χ3n) is 2.99. The second-order valence-corrected chi connectivity index (χ2v) is 5.38. The first-order valence-corrected chi connectivity index (χ1v) is 7.21. The minimum absolute atomic E-state index is 0.227. The molecule has 0 bridgehead atoms. The molecular formula is C15H11F3N2OS. The summed E-state index contributed by atoms with van der Waals surface area (Å²) in [5.74, 6) is 0.548. The lowest BCUT2D eigenvalue weighted by atomic mass is 10.2. The van der Waals surface area contributed by atoms with Crippen LogP contribution in [0.25, 0.3) is 10.1 Å². The van der Waals surface area contributed by atoms with Crippen LogP contribution in [-0.4, -0.2) is 10.7 Å². The zero-order valence-electron chi connectivity index (χ0n) is 11.2. The van der Waals surface area contributed by atoms with Crippen molar-refractivity contribution in [1.29, 1.82) is 0 Å². The van der Waals surface area contributed by atoms with Gasteiger partial charge in [0.1, 0.15) is 11.6 Å². The molecule has 1 heterocycles. The standard InChI is InChI=1S/C15H11F3N2OS/c16-15(17,18)21-11-7-5-10(6-8-11)9-19-14-12-3-1-2-4-13(12)22-20-14/h1-8H,9H2,(H,19,20). The Morgan fingerprint density at radius 2 is 1.77 bits per heavy atom. The maximum Gasteiger partial charge on any atom is 0.573 e. The molecule has 0 amide bonds. The molecule has 0 aliphatic carbocycles. The zero-order valence-corrected chi connectivity index (χ0v) is 12.0. The van der Waals surface area contributed by atoms with Gasteiger partial charge in [0.25, 0.3) is 0 Å². The number of hydrogen-bond donors (Lipinski definition) is 1. The van der Waals surface area contributed by atoms with Gasteiger partial charge in [-0.3, -0.25) is 0 Å². The van der Waals surface area contributed by atoms with E-state index in [2.05, 4.69) is 14.4 Å². The first-order valence-electron chi connectivity index (χ1n) is 6.44.